The molecule has 150 valence electrons. The van der Waals surface area contributed by atoms with Crippen LogP contribution in [0.3, 0.4) is 0 Å². The standard InChI is InChI=1S/C20H29NO6/c1-24-16-2-4-17(5-3-16)26-15-19(23)21-9-7-20(8-10-21)14-18(6-12-27-20)25-13-11-22/h2-5,18,22H,6-15H2,1H3. The summed E-state index contributed by atoms with van der Waals surface area (Å²) in [5, 5.41) is 8.94. The van der Waals surface area contributed by atoms with E-state index in [4.69, 9.17) is 24.1 Å². The zero-order valence-corrected chi connectivity index (χ0v) is 15.9. The van der Waals surface area contributed by atoms with Crippen molar-refractivity contribution in [1.82, 2.24) is 4.90 Å². The summed E-state index contributed by atoms with van der Waals surface area (Å²) in [6.45, 7) is 2.44. The Morgan fingerprint density at radius 2 is 1.96 bits per heavy atom. The van der Waals surface area contributed by atoms with E-state index >= 15 is 0 Å². The van der Waals surface area contributed by atoms with Gasteiger partial charge in [-0.2, -0.15) is 0 Å². The molecule has 2 heterocycles. The minimum absolute atomic E-state index is 0.00967. The van der Waals surface area contributed by atoms with E-state index in [1.165, 1.54) is 0 Å². The average molecular weight is 379 g/mol. The largest absolute Gasteiger partial charge is 0.497 e. The normalized spacial score (nSPS) is 21.9. The Hall–Kier alpha value is -1.83. The first-order valence-corrected chi connectivity index (χ1v) is 9.55. The third-order valence-electron chi connectivity index (χ3n) is 5.34. The van der Waals surface area contributed by atoms with Gasteiger partial charge < -0.3 is 29.0 Å². The van der Waals surface area contributed by atoms with Crippen molar-refractivity contribution in [3.8, 4) is 11.5 Å². The minimum atomic E-state index is -0.202. The Balaban J connectivity index is 1.44. The molecule has 1 N–H and O–H groups in total. The van der Waals surface area contributed by atoms with Gasteiger partial charge in [-0.1, -0.05) is 0 Å². The van der Waals surface area contributed by atoms with Gasteiger partial charge in [0.25, 0.3) is 5.91 Å². The minimum Gasteiger partial charge on any atom is -0.497 e. The maximum atomic E-state index is 12.5. The fourth-order valence-corrected chi connectivity index (χ4v) is 3.76. The maximum absolute atomic E-state index is 12.5. The number of methoxy groups -OCH3 is 1. The van der Waals surface area contributed by atoms with Crippen LogP contribution < -0.4 is 9.47 Å². The van der Waals surface area contributed by atoms with Gasteiger partial charge in [0.2, 0.25) is 0 Å². The number of ether oxygens (including phenoxy) is 4. The van der Waals surface area contributed by atoms with Crippen molar-refractivity contribution in [2.45, 2.75) is 37.4 Å². The predicted octanol–water partition coefficient (Wildman–Crippen LogP) is 1.62. The number of amides is 1. The number of carbonyl (C=O) groups excluding carboxylic acids is 1. The quantitative estimate of drug-likeness (QED) is 0.776. The lowest BCUT2D eigenvalue weighted by atomic mass is 9.83. The van der Waals surface area contributed by atoms with Gasteiger partial charge in [-0.15, -0.1) is 0 Å². The number of aliphatic hydroxyl groups excluding tert-OH is 1. The first-order valence-electron chi connectivity index (χ1n) is 9.55. The summed E-state index contributed by atoms with van der Waals surface area (Å²) in [5.41, 5.74) is -0.202. The molecule has 1 atom stereocenters. The molecule has 1 aromatic carbocycles. The van der Waals surface area contributed by atoms with E-state index in [1.807, 2.05) is 4.90 Å². The highest BCUT2D eigenvalue weighted by atomic mass is 16.5. The molecule has 2 aliphatic heterocycles. The molecule has 7 heteroatoms. The molecule has 0 radical (unpaired) electrons. The lowest BCUT2D eigenvalue weighted by molar-refractivity contribution is -0.163. The molecular formula is C20H29NO6. The van der Waals surface area contributed by atoms with E-state index < -0.39 is 0 Å². The van der Waals surface area contributed by atoms with Gasteiger partial charge in [0.15, 0.2) is 6.61 Å². The Labute approximate surface area is 160 Å². The Kier molecular flexibility index (Phi) is 6.93. The molecule has 1 amide bonds. The average Bonchev–Trinajstić information content (AvgIpc) is 2.71. The van der Waals surface area contributed by atoms with Crippen LogP contribution in [-0.2, 0) is 14.3 Å². The summed E-state index contributed by atoms with van der Waals surface area (Å²) in [7, 11) is 1.61. The second kappa shape index (κ2) is 9.39. The SMILES string of the molecule is COc1ccc(OCC(=O)N2CCC3(CC2)CC(OCCO)CCO3)cc1. The molecule has 7 nitrogen and oxygen atoms in total. The van der Waals surface area contributed by atoms with Crippen LogP contribution in [0.15, 0.2) is 24.3 Å². The van der Waals surface area contributed by atoms with Crippen molar-refractivity contribution in [1.29, 1.82) is 0 Å². The molecule has 0 bridgehead atoms. The van der Waals surface area contributed by atoms with Crippen molar-refractivity contribution in [3.05, 3.63) is 24.3 Å². The molecule has 0 aromatic heterocycles. The summed E-state index contributed by atoms with van der Waals surface area (Å²) >= 11 is 0. The molecule has 0 saturated carbocycles. The van der Waals surface area contributed by atoms with Crippen LogP contribution in [0.4, 0.5) is 0 Å². The van der Waals surface area contributed by atoms with Crippen LogP contribution in [0.2, 0.25) is 0 Å². The highest BCUT2D eigenvalue weighted by molar-refractivity contribution is 5.77. The van der Waals surface area contributed by atoms with Crippen LogP contribution in [0.25, 0.3) is 0 Å². The third kappa shape index (κ3) is 5.34. The monoisotopic (exact) mass is 379 g/mol. The lowest BCUT2D eigenvalue weighted by Crippen LogP contribution is -2.52. The van der Waals surface area contributed by atoms with Crippen molar-refractivity contribution >= 4 is 5.91 Å². The van der Waals surface area contributed by atoms with Gasteiger partial charge in [0.1, 0.15) is 11.5 Å². The molecule has 2 saturated heterocycles. The van der Waals surface area contributed by atoms with Gasteiger partial charge in [0.05, 0.1) is 32.0 Å². The van der Waals surface area contributed by atoms with E-state index in [-0.39, 0.29) is 30.8 Å². The van der Waals surface area contributed by atoms with Gasteiger partial charge in [-0.25, -0.2) is 0 Å². The van der Waals surface area contributed by atoms with Crippen LogP contribution in [0, 0.1) is 0 Å². The molecular weight excluding hydrogens is 350 g/mol. The summed E-state index contributed by atoms with van der Waals surface area (Å²) in [6, 6.07) is 7.19. The van der Waals surface area contributed by atoms with E-state index in [1.54, 1.807) is 31.4 Å². The molecule has 2 fully saturated rings. The van der Waals surface area contributed by atoms with E-state index in [0.29, 0.717) is 32.1 Å². The number of benzene rings is 1. The fourth-order valence-electron chi connectivity index (χ4n) is 3.76. The molecule has 1 spiro atoms. The molecule has 2 aliphatic rings. The van der Waals surface area contributed by atoms with Crippen LogP contribution >= 0.6 is 0 Å². The second-order valence-electron chi connectivity index (χ2n) is 7.09. The Bertz CT molecular complexity index is 597. The summed E-state index contributed by atoms with van der Waals surface area (Å²) in [6.07, 6.45) is 3.43. The van der Waals surface area contributed by atoms with E-state index in [0.717, 1.165) is 31.4 Å². The van der Waals surface area contributed by atoms with Gasteiger partial charge in [-0.05, 0) is 43.5 Å². The van der Waals surface area contributed by atoms with Crippen molar-refractivity contribution in [3.63, 3.8) is 0 Å². The van der Waals surface area contributed by atoms with Crippen molar-refractivity contribution < 1.29 is 28.8 Å². The van der Waals surface area contributed by atoms with Crippen LogP contribution in [0.5, 0.6) is 11.5 Å². The van der Waals surface area contributed by atoms with Gasteiger partial charge in [0, 0.05) is 26.1 Å². The van der Waals surface area contributed by atoms with Crippen molar-refractivity contribution in [2.75, 3.05) is 46.6 Å². The van der Waals surface area contributed by atoms with Crippen LogP contribution in [-0.4, -0.2) is 74.2 Å². The summed E-state index contributed by atoms with van der Waals surface area (Å²) < 4.78 is 22.5. The number of nitrogens with zero attached hydrogens (tertiary/aromatic N) is 1. The number of aliphatic hydroxyl groups is 1. The zero-order chi connectivity index (χ0) is 19.1. The summed E-state index contributed by atoms with van der Waals surface area (Å²) in [5.74, 6) is 1.39. The van der Waals surface area contributed by atoms with Gasteiger partial charge >= 0.3 is 0 Å². The lowest BCUT2D eigenvalue weighted by Gasteiger charge is -2.46. The fraction of sp³-hybridized carbons (Fsp3) is 0.650. The zero-order valence-electron chi connectivity index (χ0n) is 15.9. The molecule has 3 rings (SSSR count). The number of piperidine rings is 1. The number of likely N-dealkylation sites (tertiary alicyclic amines) is 1. The highest BCUT2D eigenvalue weighted by Crippen LogP contribution is 2.36. The molecule has 1 unspecified atom stereocenters. The predicted molar refractivity (Wildman–Crippen MR) is 99.0 cm³/mol. The first kappa shape index (κ1) is 19.9. The topological polar surface area (TPSA) is 77.5 Å². The molecule has 1 aromatic rings. The van der Waals surface area contributed by atoms with E-state index in [2.05, 4.69) is 0 Å². The smallest absolute Gasteiger partial charge is 0.260 e. The molecule has 0 aliphatic carbocycles. The Morgan fingerprint density at radius 1 is 1.26 bits per heavy atom. The van der Waals surface area contributed by atoms with E-state index in [9.17, 15) is 4.79 Å². The van der Waals surface area contributed by atoms with Crippen LogP contribution in [0.1, 0.15) is 25.7 Å². The van der Waals surface area contributed by atoms with Gasteiger partial charge in [-0.3, -0.25) is 4.79 Å². The maximum Gasteiger partial charge on any atom is 0.260 e. The molecule has 27 heavy (non-hydrogen) atoms. The second-order valence-corrected chi connectivity index (χ2v) is 7.09. The number of hydrogen-bond acceptors (Lipinski definition) is 6. The number of rotatable bonds is 7. The first-order chi connectivity index (χ1) is 13.1. The highest BCUT2D eigenvalue weighted by Gasteiger charge is 2.41. The van der Waals surface area contributed by atoms with Crippen molar-refractivity contribution in [2.24, 2.45) is 0 Å². The Morgan fingerprint density at radius 3 is 2.63 bits per heavy atom. The third-order valence-corrected chi connectivity index (χ3v) is 5.34. The number of carbonyl (C=O) groups is 1. The summed E-state index contributed by atoms with van der Waals surface area (Å²) in [4.78, 5) is 14.3. The number of hydrogen-bond donors (Lipinski definition) is 1.